The van der Waals surface area contributed by atoms with Crippen LogP contribution in [0.1, 0.15) is 11.1 Å². The molecule has 0 spiro atoms. The van der Waals surface area contributed by atoms with Crippen LogP contribution in [0.5, 0.6) is 5.75 Å². The second-order valence-corrected chi connectivity index (χ2v) is 4.13. The number of carboxylic acids is 1. The minimum absolute atomic E-state index is 0.208. The second kappa shape index (κ2) is 6.52. The van der Waals surface area contributed by atoms with Crippen molar-refractivity contribution in [2.24, 2.45) is 0 Å². The van der Waals surface area contributed by atoms with Gasteiger partial charge in [0.15, 0.2) is 0 Å². The van der Waals surface area contributed by atoms with Crippen molar-refractivity contribution in [2.75, 3.05) is 0 Å². The van der Waals surface area contributed by atoms with Crippen LogP contribution in [0.25, 0.3) is 6.08 Å². The Bertz CT molecular complexity index is 621. The van der Waals surface area contributed by atoms with E-state index in [1.54, 1.807) is 6.07 Å². The summed E-state index contributed by atoms with van der Waals surface area (Å²) in [6.45, 7) is 0.352. The van der Waals surface area contributed by atoms with Gasteiger partial charge in [0.2, 0.25) is 0 Å². The topological polar surface area (TPSA) is 46.5 Å². The maximum atomic E-state index is 13.7. The summed E-state index contributed by atoms with van der Waals surface area (Å²) in [5.74, 6) is -1.24. The van der Waals surface area contributed by atoms with Crippen molar-refractivity contribution >= 4 is 12.0 Å². The lowest BCUT2D eigenvalue weighted by atomic mass is 10.2. The van der Waals surface area contributed by atoms with E-state index in [-0.39, 0.29) is 5.56 Å². The van der Waals surface area contributed by atoms with E-state index in [4.69, 9.17) is 9.84 Å². The first-order valence-electron chi connectivity index (χ1n) is 6.02. The van der Waals surface area contributed by atoms with Gasteiger partial charge in [-0.25, -0.2) is 9.18 Å². The zero-order valence-corrected chi connectivity index (χ0v) is 10.6. The molecule has 102 valence electrons. The molecule has 1 N–H and O–H groups in total. The summed E-state index contributed by atoms with van der Waals surface area (Å²) >= 11 is 0. The Morgan fingerprint density at radius 3 is 2.60 bits per heavy atom. The number of hydrogen-bond acceptors (Lipinski definition) is 2. The van der Waals surface area contributed by atoms with E-state index < -0.39 is 11.8 Å². The van der Waals surface area contributed by atoms with E-state index >= 15 is 0 Å². The van der Waals surface area contributed by atoms with Gasteiger partial charge < -0.3 is 9.84 Å². The molecule has 0 unspecified atom stereocenters. The van der Waals surface area contributed by atoms with Crippen molar-refractivity contribution in [1.82, 2.24) is 0 Å². The highest BCUT2D eigenvalue weighted by molar-refractivity contribution is 5.85. The van der Waals surface area contributed by atoms with Crippen LogP contribution in [0.2, 0.25) is 0 Å². The molecule has 0 aliphatic heterocycles. The summed E-state index contributed by atoms with van der Waals surface area (Å²) in [6, 6.07) is 13.9. The van der Waals surface area contributed by atoms with Gasteiger partial charge in [0.1, 0.15) is 18.2 Å². The highest BCUT2D eigenvalue weighted by atomic mass is 19.1. The number of carbonyl (C=O) groups is 1. The number of halogens is 1. The molecular weight excluding hydrogens is 259 g/mol. The predicted octanol–water partition coefficient (Wildman–Crippen LogP) is 3.50. The maximum Gasteiger partial charge on any atom is 0.328 e. The van der Waals surface area contributed by atoms with Crippen molar-refractivity contribution < 1.29 is 19.0 Å². The predicted molar refractivity (Wildman–Crippen MR) is 73.8 cm³/mol. The first-order chi connectivity index (χ1) is 9.65. The van der Waals surface area contributed by atoms with Crippen LogP contribution in [0.4, 0.5) is 4.39 Å². The summed E-state index contributed by atoms with van der Waals surface area (Å²) in [4.78, 5) is 10.4. The first kappa shape index (κ1) is 13.8. The third-order valence-corrected chi connectivity index (χ3v) is 2.63. The Balaban J connectivity index is 2.04. The third-order valence-electron chi connectivity index (χ3n) is 2.63. The summed E-state index contributed by atoms with van der Waals surface area (Å²) in [5, 5.41) is 8.50. The normalized spacial score (nSPS) is 10.7. The zero-order chi connectivity index (χ0) is 14.4. The summed E-state index contributed by atoms with van der Waals surface area (Å²) in [6.07, 6.45) is 2.10. The maximum absolute atomic E-state index is 13.7. The van der Waals surface area contributed by atoms with Crippen LogP contribution >= 0.6 is 0 Å². The molecule has 4 heteroatoms. The fourth-order valence-corrected chi connectivity index (χ4v) is 1.63. The van der Waals surface area contributed by atoms with Gasteiger partial charge >= 0.3 is 5.97 Å². The Morgan fingerprint density at radius 1 is 1.20 bits per heavy atom. The molecular formula is C16H13FO3. The van der Waals surface area contributed by atoms with Crippen LogP contribution in [0.3, 0.4) is 0 Å². The van der Waals surface area contributed by atoms with Crippen molar-refractivity contribution in [3.05, 3.63) is 71.6 Å². The Kier molecular flexibility index (Phi) is 4.50. The number of carboxylic acid groups (broad SMARTS) is 1. The lowest BCUT2D eigenvalue weighted by molar-refractivity contribution is -0.131. The van der Waals surface area contributed by atoms with E-state index in [0.717, 1.165) is 11.6 Å². The fourth-order valence-electron chi connectivity index (χ4n) is 1.63. The molecule has 0 bridgehead atoms. The SMILES string of the molecule is O=C(O)/C=C\c1ccc(OCc2ccccc2)cc1F. The van der Waals surface area contributed by atoms with Crippen molar-refractivity contribution in [1.29, 1.82) is 0 Å². The van der Waals surface area contributed by atoms with Crippen LogP contribution in [-0.4, -0.2) is 11.1 Å². The van der Waals surface area contributed by atoms with Crippen LogP contribution in [0, 0.1) is 5.82 Å². The van der Waals surface area contributed by atoms with Gasteiger partial charge in [0.25, 0.3) is 0 Å². The Labute approximate surface area is 115 Å². The highest BCUT2D eigenvalue weighted by Crippen LogP contribution is 2.19. The lowest BCUT2D eigenvalue weighted by Gasteiger charge is -2.07. The van der Waals surface area contributed by atoms with Gasteiger partial charge in [-0.2, -0.15) is 0 Å². The monoisotopic (exact) mass is 272 g/mol. The second-order valence-electron chi connectivity index (χ2n) is 4.13. The largest absolute Gasteiger partial charge is 0.489 e. The van der Waals surface area contributed by atoms with Gasteiger partial charge in [0.05, 0.1) is 0 Å². The molecule has 0 saturated carbocycles. The molecule has 2 rings (SSSR count). The highest BCUT2D eigenvalue weighted by Gasteiger charge is 2.03. The van der Waals surface area contributed by atoms with Crippen molar-refractivity contribution in [2.45, 2.75) is 6.61 Å². The first-order valence-corrected chi connectivity index (χ1v) is 6.02. The molecule has 0 atom stereocenters. The average Bonchev–Trinajstić information content (AvgIpc) is 2.45. The fraction of sp³-hybridized carbons (Fsp3) is 0.0625. The van der Waals surface area contributed by atoms with Crippen LogP contribution < -0.4 is 4.74 Å². The molecule has 0 saturated heterocycles. The van der Waals surface area contributed by atoms with Crippen LogP contribution in [-0.2, 0) is 11.4 Å². The number of benzene rings is 2. The van der Waals surface area contributed by atoms with E-state index in [9.17, 15) is 9.18 Å². The Hall–Kier alpha value is -2.62. The molecule has 2 aromatic carbocycles. The van der Waals surface area contributed by atoms with Crippen molar-refractivity contribution in [3.8, 4) is 5.75 Å². The summed E-state index contributed by atoms with van der Waals surface area (Å²) < 4.78 is 19.2. The quantitative estimate of drug-likeness (QED) is 0.847. The molecule has 0 amide bonds. The lowest BCUT2D eigenvalue weighted by Crippen LogP contribution is -1.96. The standard InChI is InChI=1S/C16H13FO3/c17-15-10-14(8-6-13(15)7-9-16(18)19)20-11-12-4-2-1-3-5-12/h1-10H,11H2,(H,18,19)/b9-7-. The van der Waals surface area contributed by atoms with Gasteiger partial charge in [0, 0.05) is 17.7 Å². The number of rotatable bonds is 5. The molecule has 20 heavy (non-hydrogen) atoms. The van der Waals surface area contributed by atoms with E-state index in [0.29, 0.717) is 12.4 Å². The third kappa shape index (κ3) is 3.95. The molecule has 0 aliphatic carbocycles. The average molecular weight is 272 g/mol. The molecule has 3 nitrogen and oxygen atoms in total. The Morgan fingerprint density at radius 2 is 1.95 bits per heavy atom. The summed E-state index contributed by atoms with van der Waals surface area (Å²) in [5.41, 5.74) is 1.20. The summed E-state index contributed by atoms with van der Waals surface area (Å²) in [7, 11) is 0. The minimum atomic E-state index is -1.12. The number of ether oxygens (including phenoxy) is 1. The minimum Gasteiger partial charge on any atom is -0.489 e. The molecule has 0 radical (unpaired) electrons. The van der Waals surface area contributed by atoms with Gasteiger partial charge in [-0.05, 0) is 23.8 Å². The zero-order valence-electron chi connectivity index (χ0n) is 10.6. The molecule has 0 aromatic heterocycles. The van der Waals surface area contributed by atoms with Crippen LogP contribution in [0.15, 0.2) is 54.6 Å². The number of aliphatic carboxylic acids is 1. The van der Waals surface area contributed by atoms with E-state index in [1.165, 1.54) is 18.2 Å². The van der Waals surface area contributed by atoms with Gasteiger partial charge in [-0.3, -0.25) is 0 Å². The number of hydrogen-bond donors (Lipinski definition) is 1. The van der Waals surface area contributed by atoms with Gasteiger partial charge in [-0.1, -0.05) is 30.3 Å². The molecule has 0 heterocycles. The molecule has 0 aliphatic rings. The van der Waals surface area contributed by atoms with Crippen molar-refractivity contribution in [3.63, 3.8) is 0 Å². The molecule has 2 aromatic rings. The van der Waals surface area contributed by atoms with E-state index in [1.807, 2.05) is 30.3 Å². The van der Waals surface area contributed by atoms with Gasteiger partial charge in [-0.15, -0.1) is 0 Å². The molecule has 0 fully saturated rings. The smallest absolute Gasteiger partial charge is 0.328 e. The van der Waals surface area contributed by atoms with E-state index in [2.05, 4.69) is 0 Å².